The monoisotopic (exact) mass is 379 g/mol. The quantitative estimate of drug-likeness (QED) is 0.810. The van der Waals surface area contributed by atoms with Gasteiger partial charge >= 0.3 is 0 Å². The molecule has 0 aromatic carbocycles. The van der Waals surface area contributed by atoms with Crippen LogP contribution in [-0.2, 0) is 16.6 Å². The summed E-state index contributed by atoms with van der Waals surface area (Å²) in [6.07, 6.45) is 2.16. The molecular weight excluding hydrogens is 358 g/mol. The lowest BCUT2D eigenvalue weighted by Crippen LogP contribution is -2.39. The van der Waals surface area contributed by atoms with Gasteiger partial charge < -0.3 is 14.6 Å². The van der Waals surface area contributed by atoms with Gasteiger partial charge in [0, 0.05) is 25.7 Å². The van der Waals surface area contributed by atoms with Crippen molar-refractivity contribution in [1.29, 1.82) is 0 Å². The average molecular weight is 380 g/mol. The van der Waals surface area contributed by atoms with Gasteiger partial charge in [-0.25, -0.2) is 8.42 Å². The first kappa shape index (κ1) is 17.0. The predicted molar refractivity (Wildman–Crippen MR) is 84.6 cm³/mol. The Morgan fingerprint density at radius 2 is 2.29 bits per heavy atom. The molecule has 0 spiro atoms. The molecule has 1 aromatic heterocycles. The minimum atomic E-state index is -3.54. The Hall–Kier alpha value is -0.410. The second-order valence-electron chi connectivity index (χ2n) is 5.44. The van der Waals surface area contributed by atoms with E-state index in [9.17, 15) is 8.42 Å². The zero-order chi connectivity index (χ0) is 15.6. The van der Waals surface area contributed by atoms with Gasteiger partial charge in [-0.1, -0.05) is 0 Å². The molecule has 2 rings (SSSR count). The van der Waals surface area contributed by atoms with Crippen molar-refractivity contribution in [3.05, 3.63) is 16.5 Å². The topological polar surface area (TPSA) is 65.8 Å². The summed E-state index contributed by atoms with van der Waals surface area (Å²) >= 11 is 3.21. The number of hydrogen-bond donors (Lipinski definition) is 1. The number of nitrogens with one attached hydrogen (secondary N) is 1. The van der Waals surface area contributed by atoms with Crippen molar-refractivity contribution in [2.45, 2.75) is 30.3 Å². The Morgan fingerprint density at radius 3 is 2.86 bits per heavy atom. The van der Waals surface area contributed by atoms with Crippen LogP contribution in [0.15, 0.2) is 20.0 Å². The van der Waals surface area contributed by atoms with E-state index in [0.29, 0.717) is 18.8 Å². The first-order valence-electron chi connectivity index (χ1n) is 6.95. The lowest BCUT2D eigenvalue weighted by atomic mass is 10.2. The molecule has 1 aliphatic rings. The molecule has 1 aliphatic heterocycles. The molecular formula is C13H22BrN3O3S. The van der Waals surface area contributed by atoms with Crippen LogP contribution in [0.4, 0.5) is 0 Å². The van der Waals surface area contributed by atoms with E-state index in [-0.39, 0.29) is 15.6 Å². The van der Waals surface area contributed by atoms with Crippen LogP contribution in [0.25, 0.3) is 0 Å². The molecule has 6 nitrogen and oxygen atoms in total. The summed E-state index contributed by atoms with van der Waals surface area (Å²) in [5.74, 6) is 0.592. The van der Waals surface area contributed by atoms with Gasteiger partial charge in [-0.3, -0.25) is 0 Å². The minimum absolute atomic E-state index is 0.191. The van der Waals surface area contributed by atoms with Crippen LogP contribution in [-0.4, -0.2) is 57.9 Å². The molecule has 21 heavy (non-hydrogen) atoms. The fourth-order valence-corrected chi connectivity index (χ4v) is 4.77. The Balaban J connectivity index is 2.16. The van der Waals surface area contributed by atoms with Crippen LogP contribution in [0.5, 0.6) is 0 Å². The zero-order valence-corrected chi connectivity index (χ0v) is 15.0. The Labute approximate surface area is 134 Å². The Kier molecular flexibility index (Phi) is 5.48. The highest BCUT2D eigenvalue weighted by Crippen LogP contribution is 2.29. The van der Waals surface area contributed by atoms with Gasteiger partial charge in [0.25, 0.3) is 0 Å². The van der Waals surface area contributed by atoms with Crippen molar-refractivity contribution >= 4 is 26.0 Å². The van der Waals surface area contributed by atoms with Gasteiger partial charge in [-0.05, 0) is 49.4 Å². The highest BCUT2D eigenvalue weighted by molar-refractivity contribution is 9.10. The van der Waals surface area contributed by atoms with Crippen molar-refractivity contribution in [3.8, 4) is 0 Å². The maximum atomic E-state index is 12.7. The SMILES string of the molecule is CNCc1cc(S(=O)(=O)N(C)CC2CCCN2C)c(Br)o1. The summed E-state index contributed by atoms with van der Waals surface area (Å²) in [7, 11) is 1.91. The number of sulfonamides is 1. The molecule has 2 heterocycles. The molecule has 1 unspecified atom stereocenters. The standard InChI is InChI=1S/C13H22BrN3O3S/c1-15-8-11-7-12(13(14)20-11)21(18,19)17(3)9-10-5-4-6-16(10)2/h7,10,15H,4-6,8-9H2,1-3H3. The molecule has 0 saturated carbocycles. The van der Waals surface area contributed by atoms with Crippen molar-refractivity contribution in [1.82, 2.24) is 14.5 Å². The summed E-state index contributed by atoms with van der Waals surface area (Å²) in [6.45, 7) is 2.02. The van der Waals surface area contributed by atoms with Gasteiger partial charge in [0.05, 0.1) is 6.54 Å². The maximum absolute atomic E-state index is 12.7. The third-order valence-corrected chi connectivity index (χ3v) is 6.57. The third-order valence-electron chi connectivity index (χ3n) is 3.89. The third kappa shape index (κ3) is 3.68. The van der Waals surface area contributed by atoms with Gasteiger partial charge in [0.15, 0.2) is 4.67 Å². The van der Waals surface area contributed by atoms with E-state index in [1.54, 1.807) is 20.2 Å². The summed E-state index contributed by atoms with van der Waals surface area (Å²) in [4.78, 5) is 2.40. The van der Waals surface area contributed by atoms with Gasteiger partial charge in [0.1, 0.15) is 10.7 Å². The van der Waals surface area contributed by atoms with E-state index < -0.39 is 10.0 Å². The van der Waals surface area contributed by atoms with Gasteiger partial charge in [-0.15, -0.1) is 0 Å². The van der Waals surface area contributed by atoms with Crippen LogP contribution >= 0.6 is 15.9 Å². The largest absolute Gasteiger partial charge is 0.452 e. The van der Waals surface area contributed by atoms with E-state index in [2.05, 4.69) is 26.1 Å². The number of likely N-dealkylation sites (N-methyl/N-ethyl adjacent to an activating group) is 2. The molecule has 120 valence electrons. The number of halogens is 1. The number of rotatable bonds is 6. The van der Waals surface area contributed by atoms with E-state index in [0.717, 1.165) is 19.4 Å². The van der Waals surface area contributed by atoms with Crippen LogP contribution in [0.3, 0.4) is 0 Å². The average Bonchev–Trinajstić information content (AvgIpc) is 2.97. The molecule has 1 aromatic rings. The highest BCUT2D eigenvalue weighted by Gasteiger charge is 2.31. The van der Waals surface area contributed by atoms with Crippen LogP contribution in [0.2, 0.25) is 0 Å². The summed E-state index contributed by atoms with van der Waals surface area (Å²) in [6, 6.07) is 1.86. The van der Waals surface area contributed by atoms with E-state index in [1.807, 2.05) is 7.05 Å². The molecule has 0 amide bonds. The second kappa shape index (κ2) is 6.78. The zero-order valence-electron chi connectivity index (χ0n) is 12.6. The smallest absolute Gasteiger partial charge is 0.247 e. The number of hydrogen-bond acceptors (Lipinski definition) is 5. The summed E-state index contributed by atoms with van der Waals surface area (Å²) in [5, 5.41) is 2.94. The van der Waals surface area contributed by atoms with Gasteiger partial charge in [0.2, 0.25) is 10.0 Å². The van der Waals surface area contributed by atoms with E-state index in [4.69, 9.17) is 4.42 Å². The van der Waals surface area contributed by atoms with Crippen molar-refractivity contribution in [3.63, 3.8) is 0 Å². The molecule has 1 N–H and O–H groups in total. The fourth-order valence-electron chi connectivity index (χ4n) is 2.61. The lowest BCUT2D eigenvalue weighted by molar-refractivity contribution is 0.271. The van der Waals surface area contributed by atoms with Crippen LogP contribution in [0, 0.1) is 0 Å². The molecule has 0 bridgehead atoms. The maximum Gasteiger partial charge on any atom is 0.247 e. The molecule has 1 saturated heterocycles. The predicted octanol–water partition coefficient (Wildman–Crippen LogP) is 1.48. The Morgan fingerprint density at radius 1 is 1.57 bits per heavy atom. The minimum Gasteiger partial charge on any atom is -0.452 e. The first-order valence-corrected chi connectivity index (χ1v) is 9.19. The fraction of sp³-hybridized carbons (Fsp3) is 0.692. The number of likely N-dealkylation sites (tertiary alicyclic amines) is 1. The molecule has 0 aliphatic carbocycles. The lowest BCUT2D eigenvalue weighted by Gasteiger charge is -2.25. The molecule has 0 radical (unpaired) electrons. The number of furan rings is 1. The van der Waals surface area contributed by atoms with E-state index in [1.165, 1.54) is 4.31 Å². The molecule has 1 fully saturated rings. The van der Waals surface area contributed by atoms with Gasteiger partial charge in [-0.2, -0.15) is 4.31 Å². The molecule has 1 atom stereocenters. The summed E-state index contributed by atoms with van der Waals surface area (Å²) < 4.78 is 32.4. The highest BCUT2D eigenvalue weighted by atomic mass is 79.9. The van der Waals surface area contributed by atoms with Crippen molar-refractivity contribution in [2.24, 2.45) is 0 Å². The summed E-state index contributed by atoms with van der Waals surface area (Å²) in [5.41, 5.74) is 0. The van der Waals surface area contributed by atoms with Crippen LogP contribution < -0.4 is 5.32 Å². The second-order valence-corrected chi connectivity index (χ2v) is 8.18. The van der Waals surface area contributed by atoms with Crippen molar-refractivity contribution in [2.75, 3.05) is 34.2 Å². The van der Waals surface area contributed by atoms with Crippen LogP contribution in [0.1, 0.15) is 18.6 Å². The Bertz CT molecular complexity index is 587. The van der Waals surface area contributed by atoms with E-state index >= 15 is 0 Å². The number of nitrogens with zero attached hydrogens (tertiary/aromatic N) is 2. The normalized spacial score (nSPS) is 20.5. The first-order chi connectivity index (χ1) is 9.86. The molecule has 8 heteroatoms. The van der Waals surface area contributed by atoms with Crippen molar-refractivity contribution < 1.29 is 12.8 Å².